The van der Waals surface area contributed by atoms with Gasteiger partial charge in [0.25, 0.3) is 0 Å². The van der Waals surface area contributed by atoms with Crippen molar-refractivity contribution in [1.82, 2.24) is 10.2 Å². The average molecular weight is 260 g/mol. The standard InChI is InChI=1S/C15H20N2O2/c18-14-16-12-15(19-14)7-4-9-17(10-8-15)11-13-5-2-1-3-6-13/h1-3,5-6H,4,7-12H2,(H,16,18). The highest BCUT2D eigenvalue weighted by Gasteiger charge is 2.41. The van der Waals surface area contributed by atoms with Gasteiger partial charge in [-0.1, -0.05) is 30.3 Å². The number of amides is 1. The second-order valence-corrected chi connectivity index (χ2v) is 5.54. The Morgan fingerprint density at radius 2 is 2.05 bits per heavy atom. The van der Waals surface area contributed by atoms with E-state index in [0.717, 1.165) is 38.9 Å². The predicted molar refractivity (Wildman–Crippen MR) is 72.8 cm³/mol. The summed E-state index contributed by atoms with van der Waals surface area (Å²) in [6, 6.07) is 10.5. The lowest BCUT2D eigenvalue weighted by molar-refractivity contribution is 0.0443. The molecule has 3 rings (SSSR count). The minimum absolute atomic E-state index is 0.247. The highest BCUT2D eigenvalue weighted by atomic mass is 16.6. The Morgan fingerprint density at radius 3 is 2.79 bits per heavy atom. The van der Waals surface area contributed by atoms with E-state index in [1.165, 1.54) is 5.56 Å². The van der Waals surface area contributed by atoms with Crippen molar-refractivity contribution in [2.45, 2.75) is 31.4 Å². The van der Waals surface area contributed by atoms with E-state index in [1.807, 2.05) is 6.07 Å². The predicted octanol–water partition coefficient (Wildman–Crippen LogP) is 2.15. The average Bonchev–Trinajstić information content (AvgIpc) is 2.67. The third-order valence-electron chi connectivity index (χ3n) is 4.10. The van der Waals surface area contributed by atoms with Crippen LogP contribution in [-0.4, -0.2) is 36.2 Å². The molecule has 102 valence electrons. The molecule has 4 heteroatoms. The molecule has 0 saturated carbocycles. The molecule has 0 aromatic heterocycles. The van der Waals surface area contributed by atoms with E-state index in [2.05, 4.69) is 34.5 Å². The van der Waals surface area contributed by atoms with Gasteiger partial charge in [-0.3, -0.25) is 4.90 Å². The van der Waals surface area contributed by atoms with E-state index in [4.69, 9.17) is 4.74 Å². The lowest BCUT2D eigenvalue weighted by Gasteiger charge is -2.25. The lowest BCUT2D eigenvalue weighted by atomic mass is 9.95. The van der Waals surface area contributed by atoms with Crippen LogP contribution < -0.4 is 5.32 Å². The third kappa shape index (κ3) is 2.89. The van der Waals surface area contributed by atoms with Gasteiger partial charge in [0.2, 0.25) is 0 Å². The van der Waals surface area contributed by atoms with Gasteiger partial charge in [-0.2, -0.15) is 0 Å². The number of rotatable bonds is 2. The Kier molecular flexibility index (Phi) is 3.42. The Hall–Kier alpha value is -1.55. The maximum atomic E-state index is 11.3. The zero-order valence-electron chi connectivity index (χ0n) is 11.1. The fraction of sp³-hybridized carbons (Fsp3) is 0.533. The van der Waals surface area contributed by atoms with Crippen LogP contribution in [0, 0.1) is 0 Å². The first-order chi connectivity index (χ1) is 9.26. The van der Waals surface area contributed by atoms with Crippen molar-refractivity contribution >= 4 is 6.09 Å². The number of alkyl carbamates (subject to hydrolysis) is 1. The molecule has 1 spiro atoms. The molecule has 0 radical (unpaired) electrons. The quantitative estimate of drug-likeness (QED) is 0.886. The number of likely N-dealkylation sites (tertiary alicyclic amines) is 1. The molecule has 19 heavy (non-hydrogen) atoms. The number of hydrogen-bond donors (Lipinski definition) is 1. The number of benzene rings is 1. The molecule has 4 nitrogen and oxygen atoms in total. The molecule has 1 N–H and O–H groups in total. The number of carbonyl (C=O) groups excluding carboxylic acids is 1. The summed E-state index contributed by atoms with van der Waals surface area (Å²) < 4.78 is 5.49. The zero-order valence-corrected chi connectivity index (χ0v) is 11.1. The summed E-state index contributed by atoms with van der Waals surface area (Å²) in [6.07, 6.45) is 2.73. The molecule has 0 bridgehead atoms. The van der Waals surface area contributed by atoms with Gasteiger partial charge in [0.15, 0.2) is 0 Å². The first-order valence-electron chi connectivity index (χ1n) is 6.99. The van der Waals surface area contributed by atoms with Gasteiger partial charge in [-0.15, -0.1) is 0 Å². The summed E-state index contributed by atoms with van der Waals surface area (Å²) in [5.74, 6) is 0. The highest BCUT2D eigenvalue weighted by molar-refractivity contribution is 5.70. The second kappa shape index (κ2) is 5.21. The van der Waals surface area contributed by atoms with Crippen molar-refractivity contribution in [3.05, 3.63) is 35.9 Å². The monoisotopic (exact) mass is 260 g/mol. The third-order valence-corrected chi connectivity index (χ3v) is 4.10. The smallest absolute Gasteiger partial charge is 0.407 e. The van der Waals surface area contributed by atoms with Gasteiger partial charge in [-0.05, 0) is 24.9 Å². The molecule has 1 aromatic rings. The first-order valence-corrected chi connectivity index (χ1v) is 6.99. The molecule has 2 saturated heterocycles. The molecule has 2 heterocycles. The number of carbonyl (C=O) groups is 1. The second-order valence-electron chi connectivity index (χ2n) is 5.54. The number of hydrogen-bond acceptors (Lipinski definition) is 3. The topological polar surface area (TPSA) is 41.6 Å². The molecular weight excluding hydrogens is 240 g/mol. The molecule has 2 aliphatic heterocycles. The first kappa shape index (κ1) is 12.5. The van der Waals surface area contributed by atoms with Crippen molar-refractivity contribution in [3.63, 3.8) is 0 Å². The minimum Gasteiger partial charge on any atom is -0.441 e. The van der Waals surface area contributed by atoms with Crippen LogP contribution in [0.3, 0.4) is 0 Å². The molecule has 1 atom stereocenters. The molecule has 2 fully saturated rings. The summed E-state index contributed by atoms with van der Waals surface area (Å²) in [5, 5.41) is 2.79. The van der Waals surface area contributed by atoms with E-state index >= 15 is 0 Å². The molecule has 1 aromatic carbocycles. The summed E-state index contributed by atoms with van der Waals surface area (Å²) in [4.78, 5) is 13.7. The molecular formula is C15H20N2O2. The fourth-order valence-corrected chi connectivity index (χ4v) is 3.00. The van der Waals surface area contributed by atoms with Gasteiger partial charge in [0, 0.05) is 19.5 Å². The van der Waals surface area contributed by atoms with Gasteiger partial charge in [0.1, 0.15) is 5.60 Å². The van der Waals surface area contributed by atoms with Crippen LogP contribution in [0.1, 0.15) is 24.8 Å². The number of nitrogens with zero attached hydrogens (tertiary/aromatic N) is 1. The maximum absolute atomic E-state index is 11.3. The van der Waals surface area contributed by atoms with E-state index in [9.17, 15) is 4.79 Å². The molecule has 1 amide bonds. The summed E-state index contributed by atoms with van der Waals surface area (Å²) in [5.41, 5.74) is 1.10. The number of ether oxygens (including phenoxy) is 1. The molecule has 0 aliphatic carbocycles. The van der Waals surface area contributed by atoms with Gasteiger partial charge >= 0.3 is 6.09 Å². The lowest BCUT2D eigenvalue weighted by Crippen LogP contribution is -2.34. The minimum atomic E-state index is -0.253. The maximum Gasteiger partial charge on any atom is 0.407 e. The van der Waals surface area contributed by atoms with Crippen LogP contribution in [-0.2, 0) is 11.3 Å². The van der Waals surface area contributed by atoms with E-state index in [1.54, 1.807) is 0 Å². The fourth-order valence-electron chi connectivity index (χ4n) is 3.00. The SMILES string of the molecule is O=C1NCC2(CCCN(Cc3ccccc3)CC2)O1. The normalized spacial score (nSPS) is 27.9. The van der Waals surface area contributed by atoms with Crippen LogP contribution in [0.4, 0.5) is 4.79 Å². The van der Waals surface area contributed by atoms with Crippen molar-refractivity contribution in [1.29, 1.82) is 0 Å². The van der Waals surface area contributed by atoms with E-state index < -0.39 is 0 Å². The van der Waals surface area contributed by atoms with Crippen LogP contribution in [0.15, 0.2) is 30.3 Å². The molecule has 2 aliphatic rings. The zero-order chi connectivity index (χ0) is 13.1. The van der Waals surface area contributed by atoms with Crippen molar-refractivity contribution in [2.75, 3.05) is 19.6 Å². The van der Waals surface area contributed by atoms with Crippen LogP contribution in [0.25, 0.3) is 0 Å². The van der Waals surface area contributed by atoms with Crippen LogP contribution >= 0.6 is 0 Å². The molecule has 1 unspecified atom stereocenters. The van der Waals surface area contributed by atoms with Gasteiger partial charge < -0.3 is 10.1 Å². The van der Waals surface area contributed by atoms with Crippen LogP contribution in [0.2, 0.25) is 0 Å². The summed E-state index contributed by atoms with van der Waals surface area (Å²) >= 11 is 0. The van der Waals surface area contributed by atoms with Crippen molar-refractivity contribution in [3.8, 4) is 0 Å². The highest BCUT2D eigenvalue weighted by Crippen LogP contribution is 2.29. The Labute approximate surface area is 113 Å². The van der Waals surface area contributed by atoms with Gasteiger partial charge in [-0.25, -0.2) is 4.79 Å². The van der Waals surface area contributed by atoms with Crippen molar-refractivity contribution < 1.29 is 9.53 Å². The Morgan fingerprint density at radius 1 is 1.21 bits per heavy atom. The van der Waals surface area contributed by atoms with E-state index in [-0.39, 0.29) is 11.7 Å². The van der Waals surface area contributed by atoms with Crippen molar-refractivity contribution in [2.24, 2.45) is 0 Å². The summed E-state index contributed by atoms with van der Waals surface area (Å²) in [6.45, 7) is 3.72. The summed E-state index contributed by atoms with van der Waals surface area (Å²) in [7, 11) is 0. The largest absolute Gasteiger partial charge is 0.441 e. The van der Waals surface area contributed by atoms with E-state index in [0.29, 0.717) is 6.54 Å². The number of nitrogens with one attached hydrogen (secondary N) is 1. The van der Waals surface area contributed by atoms with Gasteiger partial charge in [0.05, 0.1) is 6.54 Å². The Bertz CT molecular complexity index is 449. The van der Waals surface area contributed by atoms with Crippen LogP contribution in [0.5, 0.6) is 0 Å². The Balaban J connectivity index is 1.60.